The van der Waals surface area contributed by atoms with Gasteiger partial charge in [-0.1, -0.05) is 6.92 Å². The van der Waals surface area contributed by atoms with Crippen molar-refractivity contribution in [2.75, 3.05) is 19.6 Å². The van der Waals surface area contributed by atoms with Crippen LogP contribution in [0, 0.1) is 0 Å². The van der Waals surface area contributed by atoms with Crippen molar-refractivity contribution in [3.05, 3.63) is 0 Å². The van der Waals surface area contributed by atoms with E-state index in [9.17, 15) is 0 Å². The van der Waals surface area contributed by atoms with Crippen molar-refractivity contribution in [2.45, 2.75) is 13.3 Å². The SMILES string of the molecule is CCNCCCNN. The van der Waals surface area contributed by atoms with Crippen molar-refractivity contribution in [1.82, 2.24) is 10.7 Å². The van der Waals surface area contributed by atoms with Gasteiger partial charge in [0, 0.05) is 6.54 Å². The fourth-order valence-corrected chi connectivity index (χ4v) is 0.492. The minimum atomic E-state index is 0.896. The van der Waals surface area contributed by atoms with E-state index in [0.29, 0.717) is 0 Å². The average molecular weight is 117 g/mol. The first-order valence-electron chi connectivity index (χ1n) is 3.06. The Morgan fingerprint density at radius 1 is 1.38 bits per heavy atom. The minimum absolute atomic E-state index is 0.896. The minimum Gasteiger partial charge on any atom is -0.317 e. The maximum Gasteiger partial charge on any atom is 0.0109 e. The van der Waals surface area contributed by atoms with E-state index in [1.807, 2.05) is 0 Å². The molecule has 0 saturated carbocycles. The van der Waals surface area contributed by atoms with Gasteiger partial charge < -0.3 is 5.32 Å². The highest BCUT2D eigenvalue weighted by molar-refractivity contribution is 4.44. The molecule has 0 aromatic rings. The van der Waals surface area contributed by atoms with Gasteiger partial charge in [0.05, 0.1) is 0 Å². The second-order valence-electron chi connectivity index (χ2n) is 1.66. The molecule has 0 fully saturated rings. The topological polar surface area (TPSA) is 50.1 Å². The predicted molar refractivity (Wildman–Crippen MR) is 35.4 cm³/mol. The molecule has 0 bridgehead atoms. The highest BCUT2D eigenvalue weighted by Gasteiger charge is 1.80. The Morgan fingerprint density at radius 3 is 2.62 bits per heavy atom. The molecule has 0 rings (SSSR count). The maximum atomic E-state index is 5.03. The van der Waals surface area contributed by atoms with Crippen molar-refractivity contribution in [3.63, 3.8) is 0 Å². The predicted octanol–water partition coefficient (Wildman–Crippen LogP) is -0.551. The van der Waals surface area contributed by atoms with E-state index in [1.54, 1.807) is 0 Å². The van der Waals surface area contributed by atoms with Crippen LogP contribution in [-0.4, -0.2) is 19.6 Å². The Bertz CT molecular complexity index is 32.7. The molecular formula is C5H15N3. The van der Waals surface area contributed by atoms with Gasteiger partial charge in [0.15, 0.2) is 0 Å². The van der Waals surface area contributed by atoms with Crippen LogP contribution in [0.25, 0.3) is 0 Å². The van der Waals surface area contributed by atoms with Gasteiger partial charge in [-0.3, -0.25) is 11.3 Å². The van der Waals surface area contributed by atoms with Gasteiger partial charge in [-0.25, -0.2) is 0 Å². The third-order valence-electron chi connectivity index (χ3n) is 0.925. The van der Waals surface area contributed by atoms with Crippen molar-refractivity contribution in [2.24, 2.45) is 5.84 Å². The quantitative estimate of drug-likeness (QED) is 0.257. The van der Waals surface area contributed by atoms with Gasteiger partial charge in [-0.05, 0) is 19.5 Å². The Kier molecular flexibility index (Phi) is 6.78. The van der Waals surface area contributed by atoms with E-state index in [1.165, 1.54) is 0 Å². The van der Waals surface area contributed by atoms with E-state index >= 15 is 0 Å². The molecule has 0 aromatic heterocycles. The van der Waals surface area contributed by atoms with E-state index in [0.717, 1.165) is 26.1 Å². The molecule has 0 spiro atoms. The first-order chi connectivity index (χ1) is 3.91. The summed E-state index contributed by atoms with van der Waals surface area (Å²) in [5.74, 6) is 5.03. The van der Waals surface area contributed by atoms with Crippen LogP contribution < -0.4 is 16.6 Å². The molecule has 50 valence electrons. The summed E-state index contributed by atoms with van der Waals surface area (Å²) in [6.45, 7) is 5.09. The largest absolute Gasteiger partial charge is 0.317 e. The lowest BCUT2D eigenvalue weighted by Gasteiger charge is -1.98. The molecule has 4 N–H and O–H groups in total. The third-order valence-corrected chi connectivity index (χ3v) is 0.925. The molecule has 0 aliphatic carbocycles. The Hall–Kier alpha value is -0.120. The summed E-state index contributed by atoms with van der Waals surface area (Å²) in [7, 11) is 0. The average Bonchev–Trinajstić information content (AvgIpc) is 1.81. The Morgan fingerprint density at radius 2 is 2.12 bits per heavy atom. The number of nitrogens with two attached hydrogens (primary N) is 1. The molecule has 0 aliphatic rings. The van der Waals surface area contributed by atoms with Crippen LogP contribution in [0.5, 0.6) is 0 Å². The monoisotopic (exact) mass is 117 g/mol. The lowest BCUT2D eigenvalue weighted by molar-refractivity contribution is 0.622. The molecule has 8 heavy (non-hydrogen) atoms. The highest BCUT2D eigenvalue weighted by Crippen LogP contribution is 1.68. The van der Waals surface area contributed by atoms with Gasteiger partial charge in [-0.15, -0.1) is 0 Å². The summed E-state index contributed by atoms with van der Waals surface area (Å²) in [6.07, 6.45) is 1.10. The first-order valence-corrected chi connectivity index (χ1v) is 3.06. The molecule has 3 nitrogen and oxygen atoms in total. The van der Waals surface area contributed by atoms with Crippen LogP contribution in [0.2, 0.25) is 0 Å². The van der Waals surface area contributed by atoms with Crippen LogP contribution >= 0.6 is 0 Å². The zero-order valence-electron chi connectivity index (χ0n) is 5.41. The molecule has 0 saturated heterocycles. The third kappa shape index (κ3) is 5.88. The van der Waals surface area contributed by atoms with Crippen LogP contribution in [0.1, 0.15) is 13.3 Å². The molecule has 0 aromatic carbocycles. The number of nitrogens with one attached hydrogen (secondary N) is 2. The van der Waals surface area contributed by atoms with E-state index in [2.05, 4.69) is 17.7 Å². The summed E-state index contributed by atoms with van der Waals surface area (Å²) < 4.78 is 0. The molecule has 0 amide bonds. The van der Waals surface area contributed by atoms with Gasteiger partial charge in [0.1, 0.15) is 0 Å². The molecule has 0 heterocycles. The second kappa shape index (κ2) is 6.88. The van der Waals surface area contributed by atoms with Crippen molar-refractivity contribution in [1.29, 1.82) is 0 Å². The van der Waals surface area contributed by atoms with Crippen molar-refractivity contribution < 1.29 is 0 Å². The summed E-state index contributed by atoms with van der Waals surface area (Å²) in [5.41, 5.74) is 2.59. The van der Waals surface area contributed by atoms with Crippen molar-refractivity contribution >= 4 is 0 Å². The Balaban J connectivity index is 2.53. The second-order valence-corrected chi connectivity index (χ2v) is 1.66. The zero-order valence-corrected chi connectivity index (χ0v) is 5.41. The fourth-order valence-electron chi connectivity index (χ4n) is 0.492. The van der Waals surface area contributed by atoms with Crippen LogP contribution in [0.4, 0.5) is 0 Å². The van der Waals surface area contributed by atoms with E-state index in [4.69, 9.17) is 5.84 Å². The summed E-state index contributed by atoms with van der Waals surface area (Å²) in [5, 5.41) is 3.19. The normalized spacial score (nSPS) is 9.75. The maximum absolute atomic E-state index is 5.03. The number of hydrazine groups is 1. The van der Waals surface area contributed by atoms with Gasteiger partial charge in [0.2, 0.25) is 0 Å². The lowest BCUT2D eigenvalue weighted by atomic mass is 10.4. The van der Waals surface area contributed by atoms with Crippen LogP contribution in [-0.2, 0) is 0 Å². The molecule has 0 aliphatic heterocycles. The first kappa shape index (κ1) is 7.88. The van der Waals surface area contributed by atoms with E-state index < -0.39 is 0 Å². The molecule has 3 heteroatoms. The van der Waals surface area contributed by atoms with Crippen LogP contribution in [0.3, 0.4) is 0 Å². The van der Waals surface area contributed by atoms with Crippen molar-refractivity contribution in [3.8, 4) is 0 Å². The number of rotatable bonds is 5. The Labute approximate surface area is 50.6 Å². The molecule has 0 unspecified atom stereocenters. The van der Waals surface area contributed by atoms with Gasteiger partial charge in [-0.2, -0.15) is 0 Å². The zero-order chi connectivity index (χ0) is 6.24. The number of hydrogen-bond donors (Lipinski definition) is 3. The smallest absolute Gasteiger partial charge is 0.0109 e. The standard InChI is InChI=1S/C5H15N3/c1-2-7-4-3-5-8-6/h7-8H,2-6H2,1H3. The summed E-state index contributed by atoms with van der Waals surface area (Å²) in [4.78, 5) is 0. The summed E-state index contributed by atoms with van der Waals surface area (Å²) in [6, 6.07) is 0. The highest BCUT2D eigenvalue weighted by atomic mass is 15.2. The van der Waals surface area contributed by atoms with Crippen LogP contribution in [0.15, 0.2) is 0 Å². The fraction of sp³-hybridized carbons (Fsp3) is 1.00. The number of hydrogen-bond acceptors (Lipinski definition) is 3. The molecule has 0 radical (unpaired) electrons. The van der Waals surface area contributed by atoms with Gasteiger partial charge in [0.25, 0.3) is 0 Å². The van der Waals surface area contributed by atoms with E-state index in [-0.39, 0.29) is 0 Å². The summed E-state index contributed by atoms with van der Waals surface area (Å²) >= 11 is 0. The lowest BCUT2D eigenvalue weighted by Crippen LogP contribution is -2.26. The van der Waals surface area contributed by atoms with Gasteiger partial charge >= 0.3 is 0 Å². The molecule has 0 atom stereocenters. The molecular weight excluding hydrogens is 102 g/mol.